The number of hydrogen-bond donors (Lipinski definition) is 3. The van der Waals surface area contributed by atoms with E-state index in [0.717, 1.165) is 29.1 Å². The molecule has 3 rings (SSSR count). The van der Waals surface area contributed by atoms with Gasteiger partial charge in [0, 0.05) is 24.8 Å². The molecular weight excluding hydrogens is 452 g/mol. The number of nitrogens with zero attached hydrogens (tertiary/aromatic N) is 1. The van der Waals surface area contributed by atoms with Crippen LogP contribution in [-0.2, 0) is 11.2 Å². The molecule has 1 unspecified atom stereocenters. The monoisotopic (exact) mass is 480 g/mol. The Kier molecular flexibility index (Phi) is 9.04. The third kappa shape index (κ3) is 7.08. The molecule has 0 aliphatic rings. The number of carbonyl (C=O) groups is 2. The lowest BCUT2D eigenvalue weighted by Crippen LogP contribution is -2.50. The second-order valence-electron chi connectivity index (χ2n) is 7.35. The van der Waals surface area contributed by atoms with E-state index in [1.54, 1.807) is 45.5 Å². The fourth-order valence-electron chi connectivity index (χ4n) is 3.19. The minimum absolute atomic E-state index is 0.239. The SMILES string of the molecule is COc1ccc(NSNC(=O)NC(Cc2ccccc2)C(=O)N(C)c2ccc(OC)cc2)cc1. The molecule has 0 aliphatic carbocycles. The van der Waals surface area contributed by atoms with Crippen molar-refractivity contribution in [2.24, 2.45) is 0 Å². The van der Waals surface area contributed by atoms with Crippen LogP contribution in [-0.4, -0.2) is 39.2 Å². The summed E-state index contributed by atoms with van der Waals surface area (Å²) in [6.07, 6.45) is 0.351. The molecule has 0 saturated heterocycles. The van der Waals surface area contributed by atoms with Gasteiger partial charge in [0.25, 0.3) is 0 Å². The second-order valence-corrected chi connectivity index (χ2v) is 7.96. The number of methoxy groups -OCH3 is 2. The van der Waals surface area contributed by atoms with E-state index >= 15 is 0 Å². The normalized spacial score (nSPS) is 11.1. The third-order valence-electron chi connectivity index (χ3n) is 5.08. The van der Waals surface area contributed by atoms with Crippen LogP contribution in [0.3, 0.4) is 0 Å². The van der Waals surface area contributed by atoms with E-state index in [4.69, 9.17) is 9.47 Å². The van der Waals surface area contributed by atoms with E-state index in [1.807, 2.05) is 54.6 Å². The van der Waals surface area contributed by atoms with Crippen LogP contribution >= 0.6 is 12.1 Å². The summed E-state index contributed by atoms with van der Waals surface area (Å²) in [6.45, 7) is 0. The Bertz CT molecular complexity index is 1060. The molecule has 8 nitrogen and oxygen atoms in total. The number of benzene rings is 3. The van der Waals surface area contributed by atoms with Crippen LogP contribution in [0.25, 0.3) is 0 Å². The van der Waals surface area contributed by atoms with Gasteiger partial charge in [-0.3, -0.25) is 9.52 Å². The van der Waals surface area contributed by atoms with Gasteiger partial charge >= 0.3 is 6.03 Å². The van der Waals surface area contributed by atoms with Gasteiger partial charge in [-0.05, 0) is 54.1 Å². The minimum Gasteiger partial charge on any atom is -0.497 e. The highest BCUT2D eigenvalue weighted by Gasteiger charge is 2.25. The Morgan fingerprint density at radius 1 is 0.882 bits per heavy atom. The van der Waals surface area contributed by atoms with Crippen molar-refractivity contribution in [3.8, 4) is 11.5 Å². The number of amides is 3. The van der Waals surface area contributed by atoms with E-state index in [2.05, 4.69) is 14.8 Å². The van der Waals surface area contributed by atoms with Gasteiger partial charge in [0.05, 0.1) is 26.4 Å². The van der Waals surface area contributed by atoms with Gasteiger partial charge in [-0.15, -0.1) is 0 Å². The quantitative estimate of drug-likeness (QED) is 0.376. The van der Waals surface area contributed by atoms with Gasteiger partial charge in [0.15, 0.2) is 0 Å². The van der Waals surface area contributed by atoms with Crippen molar-refractivity contribution in [3.05, 3.63) is 84.4 Å². The average molecular weight is 481 g/mol. The van der Waals surface area contributed by atoms with Gasteiger partial charge in [0.1, 0.15) is 17.5 Å². The molecule has 3 aromatic carbocycles. The van der Waals surface area contributed by atoms with Crippen molar-refractivity contribution < 1.29 is 19.1 Å². The predicted molar refractivity (Wildman–Crippen MR) is 136 cm³/mol. The molecule has 0 spiro atoms. The van der Waals surface area contributed by atoms with Crippen molar-refractivity contribution in [3.63, 3.8) is 0 Å². The molecule has 0 bridgehead atoms. The third-order valence-corrected chi connectivity index (χ3v) is 5.70. The van der Waals surface area contributed by atoms with Gasteiger partial charge in [-0.2, -0.15) is 0 Å². The molecule has 34 heavy (non-hydrogen) atoms. The topological polar surface area (TPSA) is 91.9 Å². The number of rotatable bonds is 10. The van der Waals surface area contributed by atoms with Gasteiger partial charge in [0.2, 0.25) is 5.91 Å². The largest absolute Gasteiger partial charge is 0.497 e. The summed E-state index contributed by atoms with van der Waals surface area (Å²) >= 11 is 1.01. The molecule has 178 valence electrons. The lowest BCUT2D eigenvalue weighted by molar-refractivity contribution is -0.120. The molecule has 1 atom stereocenters. The molecule has 0 aromatic heterocycles. The number of hydrogen-bond acceptors (Lipinski definition) is 6. The maximum Gasteiger partial charge on any atom is 0.326 e. The summed E-state index contributed by atoms with van der Waals surface area (Å²) in [4.78, 5) is 27.4. The van der Waals surface area contributed by atoms with Gasteiger partial charge in [-0.25, -0.2) is 4.79 Å². The molecule has 0 saturated carbocycles. The maximum absolute atomic E-state index is 13.3. The van der Waals surface area contributed by atoms with Crippen molar-refractivity contribution >= 4 is 35.4 Å². The zero-order valence-corrected chi connectivity index (χ0v) is 20.1. The Balaban J connectivity index is 1.63. The molecular formula is C25H28N4O4S. The van der Waals surface area contributed by atoms with Crippen LogP contribution < -0.4 is 29.1 Å². The number of ether oxygens (including phenoxy) is 2. The maximum atomic E-state index is 13.3. The number of likely N-dealkylation sites (N-methyl/N-ethyl adjacent to an activating group) is 1. The first kappa shape index (κ1) is 24.8. The molecule has 9 heteroatoms. The van der Waals surface area contributed by atoms with Crippen molar-refractivity contribution in [2.75, 3.05) is 30.9 Å². The Morgan fingerprint density at radius 3 is 2.06 bits per heavy atom. The van der Waals surface area contributed by atoms with E-state index in [9.17, 15) is 9.59 Å². The summed E-state index contributed by atoms with van der Waals surface area (Å²) in [5.41, 5.74) is 2.43. The number of nitrogens with one attached hydrogen (secondary N) is 3. The molecule has 3 N–H and O–H groups in total. The summed E-state index contributed by atoms with van der Waals surface area (Å²) in [5, 5.41) is 2.80. The van der Waals surface area contributed by atoms with Gasteiger partial charge < -0.3 is 24.4 Å². The van der Waals surface area contributed by atoms with Crippen LogP contribution in [0, 0.1) is 0 Å². The van der Waals surface area contributed by atoms with Crippen LogP contribution in [0.2, 0.25) is 0 Å². The average Bonchev–Trinajstić information content (AvgIpc) is 2.88. The highest BCUT2D eigenvalue weighted by Crippen LogP contribution is 2.20. The van der Waals surface area contributed by atoms with Crippen molar-refractivity contribution in [1.82, 2.24) is 10.0 Å². The Labute approximate surface area is 203 Å². The minimum atomic E-state index is -0.768. The van der Waals surface area contributed by atoms with Crippen molar-refractivity contribution in [1.29, 1.82) is 0 Å². The Hall–Kier alpha value is -3.85. The molecule has 0 aliphatic heterocycles. The van der Waals surface area contributed by atoms with Crippen LogP contribution in [0.4, 0.5) is 16.2 Å². The van der Waals surface area contributed by atoms with E-state index in [-0.39, 0.29) is 5.91 Å². The second kappa shape index (κ2) is 12.4. The van der Waals surface area contributed by atoms with E-state index < -0.39 is 12.1 Å². The summed E-state index contributed by atoms with van der Waals surface area (Å²) in [7, 11) is 4.87. The standard InChI is InChI=1S/C25H28N4O4S/c1-29(20-11-15-22(33-3)16-12-20)24(30)23(17-18-7-5-4-6-8-18)26-25(31)28-34-27-19-9-13-21(32-2)14-10-19/h4-16,23,27H,17H2,1-3H3,(H2,26,28,31). The fourth-order valence-corrected chi connectivity index (χ4v) is 3.65. The first-order chi connectivity index (χ1) is 16.5. The lowest BCUT2D eigenvalue weighted by Gasteiger charge is -2.25. The fraction of sp³-hybridized carbons (Fsp3) is 0.200. The molecule has 3 amide bonds. The number of carbonyl (C=O) groups excluding carboxylic acids is 2. The zero-order valence-electron chi connectivity index (χ0n) is 19.3. The number of urea groups is 1. The molecule has 0 fully saturated rings. The van der Waals surface area contributed by atoms with Crippen LogP contribution in [0.5, 0.6) is 11.5 Å². The molecule has 0 radical (unpaired) electrons. The van der Waals surface area contributed by atoms with E-state index in [1.165, 1.54) is 4.90 Å². The first-order valence-electron chi connectivity index (χ1n) is 10.6. The van der Waals surface area contributed by atoms with Crippen LogP contribution in [0.1, 0.15) is 5.56 Å². The zero-order chi connectivity index (χ0) is 24.3. The lowest BCUT2D eigenvalue weighted by atomic mass is 10.0. The summed E-state index contributed by atoms with van der Waals surface area (Å²) in [6, 6.07) is 22.8. The molecule has 3 aromatic rings. The smallest absolute Gasteiger partial charge is 0.326 e. The summed E-state index contributed by atoms with van der Waals surface area (Å²) < 4.78 is 16.0. The van der Waals surface area contributed by atoms with Crippen LogP contribution in [0.15, 0.2) is 78.9 Å². The highest BCUT2D eigenvalue weighted by molar-refractivity contribution is 7.99. The molecule has 0 heterocycles. The van der Waals surface area contributed by atoms with Crippen molar-refractivity contribution in [2.45, 2.75) is 12.5 Å². The Morgan fingerprint density at radius 2 is 1.47 bits per heavy atom. The first-order valence-corrected chi connectivity index (χ1v) is 11.4. The van der Waals surface area contributed by atoms with E-state index in [0.29, 0.717) is 17.9 Å². The highest BCUT2D eigenvalue weighted by atomic mass is 32.2. The number of anilines is 2. The van der Waals surface area contributed by atoms with Gasteiger partial charge in [-0.1, -0.05) is 30.3 Å². The summed E-state index contributed by atoms with van der Waals surface area (Å²) in [5.74, 6) is 1.20. The predicted octanol–water partition coefficient (Wildman–Crippen LogP) is 4.25.